The van der Waals surface area contributed by atoms with Crippen LogP contribution < -0.4 is 0 Å². The van der Waals surface area contributed by atoms with Gasteiger partial charge >= 0.3 is 0 Å². The number of hydrogen-bond donors (Lipinski definition) is 1. The van der Waals surface area contributed by atoms with Crippen molar-refractivity contribution in [1.29, 1.82) is 0 Å². The zero-order valence-electron chi connectivity index (χ0n) is 9.16. The first-order valence-electron chi connectivity index (χ1n) is 4.60. The van der Waals surface area contributed by atoms with E-state index in [0.717, 1.165) is 10.6 Å². The molecule has 0 heterocycles. The Labute approximate surface area is 96.5 Å². The molecular weight excluding hydrogens is 254 g/mol. The molecule has 0 rings (SSSR count). The summed E-state index contributed by atoms with van der Waals surface area (Å²) in [6.07, 6.45) is 2.36. The third-order valence-corrected chi connectivity index (χ3v) is 4.83. The molecule has 6 nitrogen and oxygen atoms in total. The van der Waals surface area contributed by atoms with E-state index in [9.17, 15) is 16.8 Å². The van der Waals surface area contributed by atoms with E-state index >= 15 is 0 Å². The van der Waals surface area contributed by atoms with E-state index in [0.29, 0.717) is 0 Å². The lowest BCUT2D eigenvalue weighted by Gasteiger charge is -2.19. The second-order valence-corrected chi connectivity index (χ2v) is 7.66. The van der Waals surface area contributed by atoms with Gasteiger partial charge in [0.2, 0.25) is 10.0 Å². The SMILES string of the molecule is C=CCN(CCO)S(=O)(=O)CCS(C)(=O)=O. The van der Waals surface area contributed by atoms with Crippen LogP contribution in [0.2, 0.25) is 0 Å². The number of aliphatic hydroxyl groups is 1. The van der Waals surface area contributed by atoms with E-state index < -0.39 is 31.4 Å². The molecule has 0 aromatic rings. The zero-order chi connectivity index (χ0) is 12.8. The smallest absolute Gasteiger partial charge is 0.215 e. The molecule has 0 atom stereocenters. The van der Waals surface area contributed by atoms with Crippen molar-refractivity contribution in [3.8, 4) is 0 Å². The van der Waals surface area contributed by atoms with Gasteiger partial charge in [0.25, 0.3) is 0 Å². The molecule has 0 spiro atoms. The molecule has 0 saturated heterocycles. The van der Waals surface area contributed by atoms with Crippen LogP contribution in [0.1, 0.15) is 0 Å². The Kier molecular flexibility index (Phi) is 6.16. The lowest BCUT2D eigenvalue weighted by molar-refractivity contribution is 0.260. The van der Waals surface area contributed by atoms with E-state index in [1.165, 1.54) is 6.08 Å². The fourth-order valence-electron chi connectivity index (χ4n) is 0.985. The highest BCUT2D eigenvalue weighted by atomic mass is 32.2. The van der Waals surface area contributed by atoms with Crippen molar-refractivity contribution in [2.75, 3.05) is 37.5 Å². The van der Waals surface area contributed by atoms with Gasteiger partial charge in [-0.3, -0.25) is 0 Å². The second-order valence-electron chi connectivity index (χ2n) is 3.32. The van der Waals surface area contributed by atoms with E-state index in [4.69, 9.17) is 5.11 Å². The highest BCUT2D eigenvalue weighted by Crippen LogP contribution is 2.02. The molecule has 0 amide bonds. The van der Waals surface area contributed by atoms with Crippen LogP contribution in [0.3, 0.4) is 0 Å². The van der Waals surface area contributed by atoms with Gasteiger partial charge < -0.3 is 5.11 Å². The molecule has 16 heavy (non-hydrogen) atoms. The second kappa shape index (κ2) is 6.33. The summed E-state index contributed by atoms with van der Waals surface area (Å²) in [4.78, 5) is 0. The molecule has 96 valence electrons. The highest BCUT2D eigenvalue weighted by Gasteiger charge is 2.21. The molecule has 8 heteroatoms. The standard InChI is InChI=1S/C8H17NO5S2/c1-3-4-9(5-6-10)16(13,14)8-7-15(2,11)12/h3,10H,1,4-8H2,2H3. The van der Waals surface area contributed by atoms with E-state index in [2.05, 4.69) is 6.58 Å². The maximum Gasteiger partial charge on any atom is 0.215 e. The van der Waals surface area contributed by atoms with Crippen LogP contribution in [0.15, 0.2) is 12.7 Å². The van der Waals surface area contributed by atoms with Gasteiger partial charge in [-0.2, -0.15) is 4.31 Å². The molecule has 0 aliphatic rings. The van der Waals surface area contributed by atoms with Gasteiger partial charge in [-0.1, -0.05) is 6.08 Å². The first-order chi connectivity index (χ1) is 7.23. The number of hydrogen-bond acceptors (Lipinski definition) is 5. The van der Waals surface area contributed by atoms with Crippen molar-refractivity contribution < 1.29 is 21.9 Å². The molecule has 0 aromatic carbocycles. The summed E-state index contributed by atoms with van der Waals surface area (Å²) in [5, 5.41) is 8.70. The number of sulfone groups is 1. The molecule has 0 unspecified atom stereocenters. The van der Waals surface area contributed by atoms with Crippen LogP contribution in [-0.4, -0.2) is 63.7 Å². The Morgan fingerprint density at radius 3 is 2.19 bits per heavy atom. The Bertz CT molecular complexity index is 412. The van der Waals surface area contributed by atoms with Crippen LogP contribution >= 0.6 is 0 Å². The molecule has 0 bridgehead atoms. The number of rotatable bonds is 8. The summed E-state index contributed by atoms with van der Waals surface area (Å²) in [6, 6.07) is 0. The van der Waals surface area contributed by atoms with Crippen molar-refractivity contribution in [2.24, 2.45) is 0 Å². The molecule has 0 aromatic heterocycles. The van der Waals surface area contributed by atoms with Crippen LogP contribution in [0.5, 0.6) is 0 Å². The van der Waals surface area contributed by atoms with Crippen LogP contribution in [-0.2, 0) is 19.9 Å². The Morgan fingerprint density at radius 2 is 1.81 bits per heavy atom. The zero-order valence-corrected chi connectivity index (χ0v) is 10.8. The summed E-state index contributed by atoms with van der Waals surface area (Å²) >= 11 is 0. The minimum Gasteiger partial charge on any atom is -0.395 e. The summed E-state index contributed by atoms with van der Waals surface area (Å²) in [6.45, 7) is 3.09. The van der Waals surface area contributed by atoms with Crippen LogP contribution in [0, 0.1) is 0 Å². The summed E-state index contributed by atoms with van der Waals surface area (Å²) < 4.78 is 46.1. The Hall–Kier alpha value is -0.440. The number of nitrogens with zero attached hydrogens (tertiary/aromatic N) is 1. The molecule has 0 radical (unpaired) electrons. The van der Waals surface area contributed by atoms with Gasteiger partial charge in [-0.05, 0) is 0 Å². The predicted octanol–water partition coefficient (Wildman–Crippen LogP) is -1.16. The Morgan fingerprint density at radius 1 is 1.25 bits per heavy atom. The summed E-state index contributed by atoms with van der Waals surface area (Å²) in [5.41, 5.74) is 0. The molecule has 0 aliphatic heterocycles. The predicted molar refractivity (Wildman–Crippen MR) is 62.4 cm³/mol. The maximum absolute atomic E-state index is 11.7. The average Bonchev–Trinajstić information content (AvgIpc) is 2.14. The lowest BCUT2D eigenvalue weighted by Crippen LogP contribution is -2.37. The first kappa shape index (κ1) is 15.6. The molecule has 1 N–H and O–H groups in total. The van der Waals surface area contributed by atoms with Crippen molar-refractivity contribution in [1.82, 2.24) is 4.31 Å². The normalized spacial score (nSPS) is 12.9. The fraction of sp³-hybridized carbons (Fsp3) is 0.750. The third-order valence-electron chi connectivity index (χ3n) is 1.79. The van der Waals surface area contributed by atoms with Crippen LogP contribution in [0.4, 0.5) is 0 Å². The summed E-state index contributed by atoms with van der Waals surface area (Å²) in [5.74, 6) is -0.895. The van der Waals surface area contributed by atoms with E-state index in [1.54, 1.807) is 0 Å². The minimum absolute atomic E-state index is 0.0574. The molecule has 0 saturated carbocycles. The fourth-order valence-corrected chi connectivity index (χ4v) is 3.99. The maximum atomic E-state index is 11.7. The van der Waals surface area contributed by atoms with E-state index in [1.807, 2.05) is 0 Å². The topological polar surface area (TPSA) is 91.8 Å². The number of sulfonamides is 1. The summed E-state index contributed by atoms with van der Waals surface area (Å²) in [7, 11) is -6.97. The van der Waals surface area contributed by atoms with Gasteiger partial charge in [0.1, 0.15) is 9.84 Å². The van der Waals surface area contributed by atoms with Crippen molar-refractivity contribution in [3.63, 3.8) is 0 Å². The van der Waals surface area contributed by atoms with Crippen LogP contribution in [0.25, 0.3) is 0 Å². The van der Waals surface area contributed by atoms with Crippen molar-refractivity contribution in [3.05, 3.63) is 12.7 Å². The lowest BCUT2D eigenvalue weighted by atomic mass is 10.6. The van der Waals surface area contributed by atoms with Gasteiger partial charge in [0.05, 0.1) is 18.1 Å². The van der Waals surface area contributed by atoms with Crippen molar-refractivity contribution >= 4 is 19.9 Å². The number of aliphatic hydroxyl groups excluding tert-OH is 1. The highest BCUT2D eigenvalue weighted by molar-refractivity contribution is 7.93. The molecule has 0 aliphatic carbocycles. The van der Waals surface area contributed by atoms with Gasteiger partial charge in [-0.25, -0.2) is 16.8 Å². The molecular formula is C8H17NO5S2. The Balaban J connectivity index is 4.66. The third kappa shape index (κ3) is 6.21. The molecule has 0 fully saturated rings. The first-order valence-corrected chi connectivity index (χ1v) is 8.27. The van der Waals surface area contributed by atoms with Gasteiger partial charge in [0, 0.05) is 19.3 Å². The average molecular weight is 271 g/mol. The van der Waals surface area contributed by atoms with Crippen molar-refractivity contribution in [2.45, 2.75) is 0 Å². The van der Waals surface area contributed by atoms with Gasteiger partial charge in [0.15, 0.2) is 0 Å². The van der Waals surface area contributed by atoms with E-state index in [-0.39, 0.29) is 19.7 Å². The monoisotopic (exact) mass is 271 g/mol. The largest absolute Gasteiger partial charge is 0.395 e. The minimum atomic E-state index is -3.66. The van der Waals surface area contributed by atoms with Gasteiger partial charge in [-0.15, -0.1) is 6.58 Å². The quantitative estimate of drug-likeness (QED) is 0.562.